The number of carbonyl (C=O) groups excluding carboxylic acids is 1. The molecule has 1 amide bonds. The topological polar surface area (TPSA) is 49.3 Å². The molecule has 2 aromatic carbocycles. The zero-order valence-corrected chi connectivity index (χ0v) is 17.9. The number of nitrogens with one attached hydrogen (secondary N) is 1. The lowest BCUT2D eigenvalue weighted by molar-refractivity contribution is -0.123. The maximum Gasteiger partial charge on any atom is 0.229 e. The number of amides is 1. The lowest BCUT2D eigenvalue weighted by atomic mass is 9.84. The first-order valence-electron chi connectivity index (χ1n) is 9.53. The van der Waals surface area contributed by atoms with E-state index >= 15 is 0 Å². The van der Waals surface area contributed by atoms with Crippen LogP contribution in [-0.4, -0.2) is 11.0 Å². The third-order valence-electron chi connectivity index (χ3n) is 4.88. The van der Waals surface area contributed by atoms with E-state index in [9.17, 15) is 9.90 Å². The molecular formula is C24H33NO2. The molecule has 0 saturated heterocycles. The predicted molar refractivity (Wildman–Crippen MR) is 114 cm³/mol. The molecule has 2 aromatic rings. The van der Waals surface area contributed by atoms with Gasteiger partial charge in [0.1, 0.15) is 5.75 Å². The maximum atomic E-state index is 12.3. The van der Waals surface area contributed by atoms with Crippen molar-refractivity contribution in [1.29, 1.82) is 0 Å². The minimum atomic E-state index is -0.421. The van der Waals surface area contributed by atoms with E-state index in [2.05, 4.69) is 46.0 Å². The van der Waals surface area contributed by atoms with Crippen LogP contribution in [0.5, 0.6) is 5.75 Å². The van der Waals surface area contributed by atoms with E-state index in [0.717, 1.165) is 28.8 Å². The summed E-state index contributed by atoms with van der Waals surface area (Å²) in [6.45, 7) is 16.2. The number of phenols is 1. The fourth-order valence-electron chi connectivity index (χ4n) is 3.16. The second-order valence-corrected chi connectivity index (χ2v) is 9.57. The normalized spacial score (nSPS) is 12.1. The van der Waals surface area contributed by atoms with E-state index in [4.69, 9.17) is 0 Å². The summed E-state index contributed by atoms with van der Waals surface area (Å²) in [6, 6.07) is 9.95. The van der Waals surface area contributed by atoms with Gasteiger partial charge < -0.3 is 10.4 Å². The number of rotatable bonds is 3. The van der Waals surface area contributed by atoms with E-state index in [-0.39, 0.29) is 11.3 Å². The molecule has 2 N–H and O–H groups in total. The number of carbonyl (C=O) groups is 1. The molecule has 0 aliphatic rings. The summed E-state index contributed by atoms with van der Waals surface area (Å²) in [5.74, 6) is 0.363. The minimum Gasteiger partial charge on any atom is -0.508 e. The predicted octanol–water partition coefficient (Wildman–Crippen LogP) is 5.88. The van der Waals surface area contributed by atoms with Gasteiger partial charge in [0.25, 0.3) is 0 Å². The number of anilines is 1. The van der Waals surface area contributed by atoms with Crippen molar-refractivity contribution in [1.82, 2.24) is 0 Å². The molecule has 0 aromatic heterocycles. The van der Waals surface area contributed by atoms with Gasteiger partial charge in [-0.1, -0.05) is 53.7 Å². The van der Waals surface area contributed by atoms with Crippen molar-refractivity contribution in [3.8, 4) is 5.75 Å². The number of hydrogen-bond acceptors (Lipinski definition) is 2. The van der Waals surface area contributed by atoms with Crippen LogP contribution in [0.1, 0.15) is 69.4 Å². The van der Waals surface area contributed by atoms with E-state index in [1.807, 2.05) is 39.0 Å². The van der Waals surface area contributed by atoms with Gasteiger partial charge in [-0.05, 0) is 71.7 Å². The van der Waals surface area contributed by atoms with Crippen LogP contribution in [0.3, 0.4) is 0 Å². The number of aromatic hydroxyl groups is 1. The Hall–Kier alpha value is -2.29. The average Bonchev–Trinajstić information content (AvgIpc) is 2.50. The molecule has 27 heavy (non-hydrogen) atoms. The maximum absolute atomic E-state index is 12.3. The molecule has 0 aliphatic carbocycles. The van der Waals surface area contributed by atoms with Gasteiger partial charge in [0.05, 0.1) is 0 Å². The van der Waals surface area contributed by atoms with Crippen LogP contribution in [0.2, 0.25) is 0 Å². The van der Waals surface area contributed by atoms with Crippen LogP contribution >= 0.6 is 0 Å². The highest BCUT2D eigenvalue weighted by Crippen LogP contribution is 2.32. The molecule has 2 rings (SSSR count). The molecule has 3 nitrogen and oxygen atoms in total. The monoisotopic (exact) mass is 367 g/mol. The molecule has 0 heterocycles. The van der Waals surface area contributed by atoms with Gasteiger partial charge >= 0.3 is 0 Å². The highest BCUT2D eigenvalue weighted by Gasteiger charge is 2.22. The van der Waals surface area contributed by atoms with E-state index in [1.165, 1.54) is 11.1 Å². The molecule has 0 aliphatic heterocycles. The lowest BCUT2D eigenvalue weighted by Crippen LogP contribution is -2.27. The van der Waals surface area contributed by atoms with Gasteiger partial charge in [0.2, 0.25) is 5.91 Å². The first-order valence-corrected chi connectivity index (χ1v) is 9.53. The Morgan fingerprint density at radius 2 is 1.52 bits per heavy atom. The van der Waals surface area contributed by atoms with Gasteiger partial charge in [-0.3, -0.25) is 4.79 Å². The Morgan fingerprint density at radius 3 is 2.00 bits per heavy atom. The lowest BCUT2D eigenvalue weighted by Gasteiger charge is -2.22. The van der Waals surface area contributed by atoms with Gasteiger partial charge in [0.15, 0.2) is 0 Å². The third-order valence-corrected chi connectivity index (χ3v) is 4.88. The molecule has 0 bridgehead atoms. The van der Waals surface area contributed by atoms with E-state index in [0.29, 0.717) is 5.75 Å². The second-order valence-electron chi connectivity index (χ2n) is 9.57. The minimum absolute atomic E-state index is 0.0161. The zero-order valence-electron chi connectivity index (χ0n) is 17.9. The smallest absolute Gasteiger partial charge is 0.229 e. The fourth-order valence-corrected chi connectivity index (χ4v) is 3.16. The van der Waals surface area contributed by atoms with Crippen LogP contribution in [0.25, 0.3) is 0 Å². The van der Waals surface area contributed by atoms with E-state index < -0.39 is 5.41 Å². The van der Waals surface area contributed by atoms with Crippen molar-refractivity contribution in [2.45, 2.75) is 67.2 Å². The average molecular weight is 368 g/mol. The number of hydrogen-bond donors (Lipinski definition) is 2. The molecule has 0 atom stereocenters. The molecule has 146 valence electrons. The van der Waals surface area contributed by atoms with Crippen LogP contribution in [0.15, 0.2) is 30.3 Å². The Kier molecular flexibility index (Phi) is 5.74. The summed E-state index contributed by atoms with van der Waals surface area (Å²) in [5.41, 5.74) is 6.03. The Bertz CT molecular complexity index is 829. The quantitative estimate of drug-likeness (QED) is 0.711. The van der Waals surface area contributed by atoms with Crippen LogP contribution in [0.4, 0.5) is 5.69 Å². The number of benzene rings is 2. The fraction of sp³-hybridized carbons (Fsp3) is 0.458. The second kappa shape index (κ2) is 7.38. The molecule has 0 fully saturated rings. The summed E-state index contributed by atoms with van der Waals surface area (Å²) in [7, 11) is 0. The van der Waals surface area contributed by atoms with Gasteiger partial charge in [-0.2, -0.15) is 0 Å². The van der Waals surface area contributed by atoms with Crippen molar-refractivity contribution in [2.75, 3.05) is 5.32 Å². The van der Waals surface area contributed by atoms with Crippen LogP contribution in [-0.2, 0) is 16.6 Å². The Morgan fingerprint density at radius 1 is 0.963 bits per heavy atom. The number of phenolic OH excluding ortho intramolecular Hbond substituents is 1. The van der Waals surface area contributed by atoms with Crippen molar-refractivity contribution in [3.05, 3.63) is 58.1 Å². The summed E-state index contributed by atoms with van der Waals surface area (Å²) in [5, 5.41) is 13.2. The SMILES string of the molecule is Cc1cc(NC(=O)C(C)(C)C)cc(C)c1Cc1ccc(O)c(C(C)(C)C)c1. The molecule has 0 saturated carbocycles. The highest BCUT2D eigenvalue weighted by atomic mass is 16.3. The molecule has 0 spiro atoms. The van der Waals surface area contributed by atoms with Gasteiger partial charge in [-0.25, -0.2) is 0 Å². The Labute approximate surface area is 163 Å². The number of aryl methyl sites for hydroxylation is 2. The molecule has 3 heteroatoms. The standard InChI is InChI=1S/C24H33NO2/c1-15-11-18(25-22(27)24(6,7)8)12-16(2)19(15)13-17-9-10-21(26)20(14-17)23(3,4)5/h9-12,14,26H,13H2,1-8H3,(H,25,27). The molecular weight excluding hydrogens is 334 g/mol. The summed E-state index contributed by atoms with van der Waals surface area (Å²) in [6.07, 6.45) is 0.800. The van der Waals surface area contributed by atoms with Crippen molar-refractivity contribution in [3.63, 3.8) is 0 Å². The van der Waals surface area contributed by atoms with Crippen LogP contribution < -0.4 is 5.32 Å². The highest BCUT2D eigenvalue weighted by molar-refractivity contribution is 5.94. The third kappa shape index (κ3) is 5.12. The summed E-state index contributed by atoms with van der Waals surface area (Å²) >= 11 is 0. The van der Waals surface area contributed by atoms with Crippen molar-refractivity contribution >= 4 is 11.6 Å². The zero-order chi connectivity index (χ0) is 20.6. The van der Waals surface area contributed by atoms with Gasteiger partial charge in [0, 0.05) is 11.1 Å². The summed E-state index contributed by atoms with van der Waals surface area (Å²) in [4.78, 5) is 12.3. The van der Waals surface area contributed by atoms with Gasteiger partial charge in [-0.15, -0.1) is 0 Å². The van der Waals surface area contributed by atoms with Crippen molar-refractivity contribution in [2.24, 2.45) is 5.41 Å². The first kappa shape index (κ1) is 21.0. The summed E-state index contributed by atoms with van der Waals surface area (Å²) < 4.78 is 0. The molecule has 0 unspecified atom stereocenters. The van der Waals surface area contributed by atoms with Crippen molar-refractivity contribution < 1.29 is 9.90 Å². The molecule has 0 radical (unpaired) electrons. The largest absolute Gasteiger partial charge is 0.508 e. The van der Waals surface area contributed by atoms with Crippen LogP contribution in [0, 0.1) is 19.3 Å². The van der Waals surface area contributed by atoms with E-state index in [1.54, 1.807) is 6.07 Å². The Balaban J connectivity index is 2.32. The first-order chi connectivity index (χ1) is 12.3.